The highest BCUT2D eigenvalue weighted by molar-refractivity contribution is 7.92. The van der Waals surface area contributed by atoms with Gasteiger partial charge in [-0.1, -0.05) is 18.6 Å². The van der Waals surface area contributed by atoms with Gasteiger partial charge in [0.05, 0.1) is 4.90 Å². The third kappa shape index (κ3) is 3.42. The van der Waals surface area contributed by atoms with E-state index in [4.69, 9.17) is 0 Å². The van der Waals surface area contributed by atoms with Crippen molar-refractivity contribution in [2.24, 2.45) is 5.92 Å². The average Bonchev–Trinajstić information content (AvgIpc) is 3.03. The van der Waals surface area contributed by atoms with Crippen molar-refractivity contribution < 1.29 is 18.0 Å². The lowest BCUT2D eigenvalue weighted by Crippen LogP contribution is -2.37. The minimum absolute atomic E-state index is 0.115. The van der Waals surface area contributed by atoms with Crippen LogP contribution in [0.25, 0.3) is 0 Å². The van der Waals surface area contributed by atoms with E-state index in [1.54, 1.807) is 35.2 Å². The van der Waals surface area contributed by atoms with Crippen LogP contribution in [-0.4, -0.2) is 26.7 Å². The molecule has 1 fully saturated rings. The molecule has 1 amide bonds. The smallest absolute Gasteiger partial charge is 0.261 e. The number of carbonyl (C=O) groups is 2. The summed E-state index contributed by atoms with van der Waals surface area (Å²) in [5.41, 5.74) is 2.47. The Morgan fingerprint density at radius 2 is 1.89 bits per heavy atom. The molecule has 4 rings (SSSR count). The molecule has 2 aliphatic rings. The molecule has 0 radical (unpaired) electrons. The topological polar surface area (TPSA) is 83.6 Å². The van der Waals surface area contributed by atoms with Crippen molar-refractivity contribution in [3.63, 3.8) is 0 Å². The fourth-order valence-electron chi connectivity index (χ4n) is 3.67. The maximum Gasteiger partial charge on any atom is 0.261 e. The number of nitrogens with zero attached hydrogens (tertiary/aromatic N) is 1. The van der Waals surface area contributed by atoms with E-state index >= 15 is 0 Å². The predicted molar refractivity (Wildman–Crippen MR) is 107 cm³/mol. The molecule has 28 heavy (non-hydrogen) atoms. The van der Waals surface area contributed by atoms with Gasteiger partial charge in [-0.05, 0) is 62.1 Å². The number of amides is 1. The summed E-state index contributed by atoms with van der Waals surface area (Å²) < 4.78 is 28.1. The fourth-order valence-corrected chi connectivity index (χ4v) is 4.77. The first-order valence-corrected chi connectivity index (χ1v) is 10.9. The van der Waals surface area contributed by atoms with Gasteiger partial charge in [-0.15, -0.1) is 0 Å². The standard InChI is InChI=1S/C21H22N2O4S/c1-14(24)16-6-3-7-18(12-16)22-28(26,27)19-8-9-20-17(13-19)10-11-23(20)21(25)15-4-2-5-15/h3,6-9,12-13,15,22H,2,4-5,10-11H2,1H3. The molecule has 7 heteroatoms. The molecular weight excluding hydrogens is 376 g/mol. The molecule has 1 aliphatic heterocycles. The molecule has 6 nitrogen and oxygen atoms in total. The van der Waals surface area contributed by atoms with Gasteiger partial charge in [-0.2, -0.15) is 0 Å². The van der Waals surface area contributed by atoms with Crippen molar-refractivity contribution >= 4 is 33.1 Å². The molecule has 0 atom stereocenters. The third-order valence-corrected chi connectivity index (χ3v) is 6.88. The maximum absolute atomic E-state index is 12.8. The van der Waals surface area contributed by atoms with Crippen LogP contribution in [0, 0.1) is 5.92 Å². The lowest BCUT2D eigenvalue weighted by atomic mass is 9.84. The highest BCUT2D eigenvalue weighted by Crippen LogP contribution is 2.35. The first-order chi connectivity index (χ1) is 13.3. The summed E-state index contributed by atoms with van der Waals surface area (Å²) in [7, 11) is -3.79. The number of anilines is 2. The Labute approximate surface area is 164 Å². The second kappa shape index (κ2) is 7.05. The number of Topliss-reactive ketones (excluding diaryl/α,β-unsaturated/α-hetero) is 1. The van der Waals surface area contributed by atoms with E-state index < -0.39 is 10.0 Å². The first kappa shape index (κ1) is 18.7. The molecule has 0 saturated heterocycles. The van der Waals surface area contributed by atoms with E-state index in [1.165, 1.54) is 19.1 Å². The van der Waals surface area contributed by atoms with Gasteiger partial charge in [-0.25, -0.2) is 8.42 Å². The van der Waals surface area contributed by atoms with Crippen LogP contribution in [0.3, 0.4) is 0 Å². The van der Waals surface area contributed by atoms with Gasteiger partial charge in [0.2, 0.25) is 5.91 Å². The van der Waals surface area contributed by atoms with Crippen molar-refractivity contribution in [2.75, 3.05) is 16.2 Å². The number of hydrogen-bond acceptors (Lipinski definition) is 4. The molecule has 2 aromatic carbocycles. The van der Waals surface area contributed by atoms with Crippen molar-refractivity contribution in [3.8, 4) is 0 Å². The zero-order valence-electron chi connectivity index (χ0n) is 15.6. The van der Waals surface area contributed by atoms with E-state index in [0.29, 0.717) is 24.2 Å². The number of benzene rings is 2. The minimum Gasteiger partial charge on any atom is -0.312 e. The van der Waals surface area contributed by atoms with Gasteiger partial charge in [0.1, 0.15) is 0 Å². The fraction of sp³-hybridized carbons (Fsp3) is 0.333. The van der Waals surface area contributed by atoms with Crippen LogP contribution in [0.15, 0.2) is 47.4 Å². The number of rotatable bonds is 5. The molecule has 146 valence electrons. The summed E-state index contributed by atoms with van der Waals surface area (Å²) in [5, 5.41) is 0. The number of ketones is 1. The van der Waals surface area contributed by atoms with E-state index in [1.807, 2.05) is 0 Å². The van der Waals surface area contributed by atoms with Crippen LogP contribution in [0.5, 0.6) is 0 Å². The largest absolute Gasteiger partial charge is 0.312 e. The highest BCUT2D eigenvalue weighted by Gasteiger charge is 2.33. The van der Waals surface area contributed by atoms with Gasteiger partial charge >= 0.3 is 0 Å². The SMILES string of the molecule is CC(=O)c1cccc(NS(=O)(=O)c2ccc3c(c2)CCN3C(=O)C2CCC2)c1. The molecule has 1 N–H and O–H groups in total. The summed E-state index contributed by atoms with van der Waals surface area (Å²) in [6.45, 7) is 2.03. The van der Waals surface area contributed by atoms with Gasteiger partial charge < -0.3 is 4.90 Å². The van der Waals surface area contributed by atoms with E-state index in [0.717, 1.165) is 30.5 Å². The highest BCUT2D eigenvalue weighted by atomic mass is 32.2. The Balaban J connectivity index is 1.57. The summed E-state index contributed by atoms with van der Waals surface area (Å²) in [6.07, 6.45) is 3.64. The third-order valence-electron chi connectivity index (χ3n) is 5.50. The first-order valence-electron chi connectivity index (χ1n) is 9.43. The Kier molecular flexibility index (Phi) is 4.71. The number of nitrogens with one attached hydrogen (secondary N) is 1. The van der Waals surface area contributed by atoms with Gasteiger partial charge in [0.15, 0.2) is 5.78 Å². The predicted octanol–water partition coefficient (Wildman–Crippen LogP) is 3.38. The zero-order chi connectivity index (χ0) is 19.9. The van der Waals surface area contributed by atoms with E-state index in [2.05, 4.69) is 4.72 Å². The zero-order valence-corrected chi connectivity index (χ0v) is 16.5. The molecule has 0 unspecified atom stereocenters. The van der Waals surface area contributed by atoms with Crippen LogP contribution in [0.2, 0.25) is 0 Å². The molecule has 1 aliphatic carbocycles. The minimum atomic E-state index is -3.79. The number of carbonyl (C=O) groups excluding carboxylic acids is 2. The van der Waals surface area contributed by atoms with E-state index in [9.17, 15) is 18.0 Å². The molecule has 0 bridgehead atoms. The average molecular weight is 398 g/mol. The Morgan fingerprint density at radius 1 is 1.11 bits per heavy atom. The van der Waals surface area contributed by atoms with Gasteiger partial charge in [0.25, 0.3) is 10.0 Å². The molecule has 2 aromatic rings. The van der Waals surface area contributed by atoms with Crippen molar-refractivity contribution in [1.29, 1.82) is 0 Å². The van der Waals surface area contributed by atoms with Crippen LogP contribution < -0.4 is 9.62 Å². The quantitative estimate of drug-likeness (QED) is 0.783. The summed E-state index contributed by atoms with van der Waals surface area (Å²) in [4.78, 5) is 26.0. The number of fused-ring (bicyclic) bond motifs is 1. The number of sulfonamides is 1. The lowest BCUT2D eigenvalue weighted by molar-refractivity contribution is -0.124. The van der Waals surface area contributed by atoms with Crippen molar-refractivity contribution in [3.05, 3.63) is 53.6 Å². The Morgan fingerprint density at radius 3 is 2.57 bits per heavy atom. The van der Waals surface area contributed by atoms with Crippen LogP contribution in [0.1, 0.15) is 42.1 Å². The summed E-state index contributed by atoms with van der Waals surface area (Å²) >= 11 is 0. The molecular formula is C21H22N2O4S. The van der Waals surface area contributed by atoms with Gasteiger partial charge in [-0.3, -0.25) is 14.3 Å². The van der Waals surface area contributed by atoms with Crippen LogP contribution >= 0.6 is 0 Å². The number of hydrogen-bond donors (Lipinski definition) is 1. The summed E-state index contributed by atoms with van der Waals surface area (Å²) in [5.74, 6) is 0.138. The monoisotopic (exact) mass is 398 g/mol. The van der Waals surface area contributed by atoms with Crippen LogP contribution in [0.4, 0.5) is 11.4 Å². The summed E-state index contributed by atoms with van der Waals surface area (Å²) in [6, 6.07) is 11.3. The maximum atomic E-state index is 12.8. The van der Waals surface area contributed by atoms with Crippen molar-refractivity contribution in [2.45, 2.75) is 37.5 Å². The van der Waals surface area contributed by atoms with E-state index in [-0.39, 0.29) is 22.5 Å². The second-order valence-electron chi connectivity index (χ2n) is 7.40. The molecule has 1 saturated carbocycles. The normalized spacial score (nSPS) is 16.4. The Hall–Kier alpha value is -2.67. The molecule has 0 aromatic heterocycles. The van der Waals surface area contributed by atoms with Crippen LogP contribution in [-0.2, 0) is 21.2 Å². The van der Waals surface area contributed by atoms with Gasteiger partial charge in [0, 0.05) is 29.4 Å². The Bertz CT molecular complexity index is 1060. The van der Waals surface area contributed by atoms with Crippen molar-refractivity contribution in [1.82, 2.24) is 0 Å². The molecule has 1 heterocycles. The molecule has 0 spiro atoms. The second-order valence-corrected chi connectivity index (χ2v) is 9.08. The lowest BCUT2D eigenvalue weighted by Gasteiger charge is -2.29.